The summed E-state index contributed by atoms with van der Waals surface area (Å²) in [4.78, 5) is 0. The molecule has 5 heteroatoms. The van der Waals surface area contributed by atoms with E-state index < -0.39 is 17.9 Å². The number of aryl methyl sites for hydroxylation is 3. The molecular formula is C28H29F3O2. The summed E-state index contributed by atoms with van der Waals surface area (Å²) in [6, 6.07) is 20.0. The van der Waals surface area contributed by atoms with Gasteiger partial charge in [-0.15, -0.1) is 0 Å². The average molecular weight is 455 g/mol. The van der Waals surface area contributed by atoms with Gasteiger partial charge < -0.3 is 10.2 Å². The summed E-state index contributed by atoms with van der Waals surface area (Å²) in [5.74, 6) is 0. The molecule has 0 bridgehead atoms. The molecule has 0 radical (unpaired) electrons. The van der Waals surface area contributed by atoms with Gasteiger partial charge in [0.05, 0.1) is 6.10 Å². The third-order valence-electron chi connectivity index (χ3n) is 5.91. The zero-order chi connectivity index (χ0) is 24.2. The van der Waals surface area contributed by atoms with Gasteiger partial charge >= 0.3 is 6.18 Å². The van der Waals surface area contributed by atoms with Crippen LogP contribution in [0, 0.1) is 20.8 Å². The molecule has 0 spiro atoms. The number of aliphatic hydroxyl groups excluding tert-OH is 1. The van der Waals surface area contributed by atoms with Crippen LogP contribution in [0.5, 0.6) is 0 Å². The van der Waals surface area contributed by atoms with Crippen molar-refractivity contribution in [3.63, 3.8) is 0 Å². The third-order valence-corrected chi connectivity index (χ3v) is 5.91. The topological polar surface area (TPSA) is 40.5 Å². The SMILES string of the molecule is Cc1ccc(/C=C(\CC[C@@H](O)c2ccc(C)cc2)[C@@](O)(c2ccc(C)cc2)C(F)(F)F)cc1. The van der Waals surface area contributed by atoms with Crippen molar-refractivity contribution < 1.29 is 23.4 Å². The van der Waals surface area contributed by atoms with Crippen molar-refractivity contribution in [1.82, 2.24) is 0 Å². The Bertz CT molecular complexity index is 1080. The van der Waals surface area contributed by atoms with E-state index in [0.717, 1.165) is 16.7 Å². The van der Waals surface area contributed by atoms with Crippen LogP contribution in [0.2, 0.25) is 0 Å². The van der Waals surface area contributed by atoms with Gasteiger partial charge in [0.25, 0.3) is 0 Å². The van der Waals surface area contributed by atoms with Crippen LogP contribution < -0.4 is 0 Å². The van der Waals surface area contributed by atoms with E-state index in [-0.39, 0.29) is 24.0 Å². The van der Waals surface area contributed by atoms with Crippen LogP contribution >= 0.6 is 0 Å². The van der Waals surface area contributed by atoms with Crippen molar-refractivity contribution >= 4 is 6.08 Å². The molecule has 3 aromatic rings. The molecule has 2 N–H and O–H groups in total. The van der Waals surface area contributed by atoms with Crippen molar-refractivity contribution in [1.29, 1.82) is 0 Å². The molecule has 3 aromatic carbocycles. The number of alkyl halides is 3. The van der Waals surface area contributed by atoms with Gasteiger partial charge in [0.15, 0.2) is 0 Å². The Morgan fingerprint density at radius 2 is 1.24 bits per heavy atom. The minimum absolute atomic E-state index is 0.0327. The van der Waals surface area contributed by atoms with Gasteiger partial charge in [-0.2, -0.15) is 13.2 Å². The molecule has 2 nitrogen and oxygen atoms in total. The second-order valence-corrected chi connectivity index (χ2v) is 8.62. The van der Waals surface area contributed by atoms with Crippen molar-refractivity contribution in [3.8, 4) is 0 Å². The van der Waals surface area contributed by atoms with Crippen LogP contribution in [0.3, 0.4) is 0 Å². The van der Waals surface area contributed by atoms with Gasteiger partial charge in [0.2, 0.25) is 5.60 Å². The first kappa shape index (κ1) is 24.7. The largest absolute Gasteiger partial charge is 0.425 e. The first-order chi connectivity index (χ1) is 15.5. The summed E-state index contributed by atoms with van der Waals surface area (Å²) in [7, 11) is 0. The molecule has 0 aromatic heterocycles. The van der Waals surface area contributed by atoms with E-state index in [2.05, 4.69) is 0 Å². The third kappa shape index (κ3) is 5.73. The van der Waals surface area contributed by atoms with Gasteiger partial charge in [-0.25, -0.2) is 0 Å². The Kier molecular flexibility index (Phi) is 7.45. The molecule has 0 unspecified atom stereocenters. The maximum atomic E-state index is 14.4. The van der Waals surface area contributed by atoms with Crippen LogP contribution in [-0.4, -0.2) is 16.4 Å². The van der Waals surface area contributed by atoms with E-state index in [1.165, 1.54) is 18.2 Å². The first-order valence-corrected chi connectivity index (χ1v) is 10.9. The maximum absolute atomic E-state index is 14.4. The van der Waals surface area contributed by atoms with Gasteiger partial charge in [0, 0.05) is 0 Å². The maximum Gasteiger partial charge on any atom is 0.425 e. The molecule has 0 aliphatic heterocycles. The Balaban J connectivity index is 2.04. The zero-order valence-corrected chi connectivity index (χ0v) is 19.0. The van der Waals surface area contributed by atoms with Crippen LogP contribution in [0.25, 0.3) is 6.08 Å². The molecule has 2 atom stereocenters. The fourth-order valence-corrected chi connectivity index (χ4v) is 3.79. The number of aliphatic hydroxyl groups is 2. The highest BCUT2D eigenvalue weighted by atomic mass is 19.4. The molecular weight excluding hydrogens is 425 g/mol. The molecule has 3 rings (SSSR count). The number of benzene rings is 3. The summed E-state index contributed by atoms with van der Waals surface area (Å²) in [6.45, 7) is 5.59. The lowest BCUT2D eigenvalue weighted by molar-refractivity contribution is -0.250. The van der Waals surface area contributed by atoms with E-state index in [1.807, 2.05) is 38.1 Å². The molecule has 0 fully saturated rings. The Hall–Kier alpha value is -2.89. The van der Waals surface area contributed by atoms with E-state index in [1.54, 1.807) is 43.3 Å². The normalized spacial score (nSPS) is 15.2. The average Bonchev–Trinajstić information content (AvgIpc) is 2.77. The molecule has 33 heavy (non-hydrogen) atoms. The summed E-state index contributed by atoms with van der Waals surface area (Å²) < 4.78 is 43.3. The van der Waals surface area contributed by atoms with E-state index in [4.69, 9.17) is 0 Å². The number of halogens is 3. The number of hydrogen-bond donors (Lipinski definition) is 2. The Morgan fingerprint density at radius 1 is 0.788 bits per heavy atom. The predicted octanol–water partition coefficient (Wildman–Crippen LogP) is 6.96. The monoisotopic (exact) mass is 454 g/mol. The highest BCUT2D eigenvalue weighted by Crippen LogP contribution is 2.47. The molecule has 0 saturated carbocycles. The van der Waals surface area contributed by atoms with E-state index in [0.29, 0.717) is 11.1 Å². The second-order valence-electron chi connectivity index (χ2n) is 8.62. The van der Waals surface area contributed by atoms with E-state index in [9.17, 15) is 23.4 Å². The van der Waals surface area contributed by atoms with Crippen LogP contribution in [0.4, 0.5) is 13.2 Å². The molecule has 0 amide bonds. The summed E-state index contributed by atoms with van der Waals surface area (Å²) in [6.07, 6.45) is -4.64. The zero-order valence-electron chi connectivity index (χ0n) is 19.0. The summed E-state index contributed by atoms with van der Waals surface area (Å²) in [5, 5.41) is 21.9. The molecule has 0 aliphatic carbocycles. The summed E-state index contributed by atoms with van der Waals surface area (Å²) in [5.41, 5.74) is 0.333. The van der Waals surface area contributed by atoms with E-state index >= 15 is 0 Å². The number of hydrogen-bond acceptors (Lipinski definition) is 2. The fraction of sp³-hybridized carbons (Fsp3) is 0.286. The highest BCUT2D eigenvalue weighted by Gasteiger charge is 2.57. The molecule has 174 valence electrons. The lowest BCUT2D eigenvalue weighted by Crippen LogP contribution is -2.44. The molecule has 0 aliphatic rings. The second kappa shape index (κ2) is 9.94. The number of rotatable bonds is 7. The van der Waals surface area contributed by atoms with Crippen molar-refractivity contribution in [3.05, 3.63) is 112 Å². The predicted molar refractivity (Wildman–Crippen MR) is 126 cm³/mol. The van der Waals surface area contributed by atoms with Crippen molar-refractivity contribution in [2.75, 3.05) is 0 Å². The van der Waals surface area contributed by atoms with Crippen molar-refractivity contribution in [2.45, 2.75) is 51.5 Å². The minimum Gasteiger partial charge on any atom is -0.388 e. The molecule has 0 heterocycles. The Morgan fingerprint density at radius 3 is 1.73 bits per heavy atom. The quantitative estimate of drug-likeness (QED) is 0.405. The van der Waals surface area contributed by atoms with Crippen LogP contribution in [0.1, 0.15) is 52.3 Å². The van der Waals surface area contributed by atoms with Gasteiger partial charge in [-0.3, -0.25) is 0 Å². The lowest BCUT2D eigenvalue weighted by atomic mass is 9.81. The lowest BCUT2D eigenvalue weighted by Gasteiger charge is -2.34. The van der Waals surface area contributed by atoms with Gasteiger partial charge in [-0.1, -0.05) is 95.6 Å². The van der Waals surface area contributed by atoms with Crippen LogP contribution in [0.15, 0.2) is 78.4 Å². The first-order valence-electron chi connectivity index (χ1n) is 10.9. The van der Waals surface area contributed by atoms with Gasteiger partial charge in [-0.05, 0) is 55.9 Å². The Labute approximate surface area is 193 Å². The highest BCUT2D eigenvalue weighted by molar-refractivity contribution is 5.57. The fourth-order valence-electron chi connectivity index (χ4n) is 3.79. The van der Waals surface area contributed by atoms with Crippen molar-refractivity contribution in [2.24, 2.45) is 0 Å². The standard InChI is InChI=1S/C28H29F3O2/c1-19-4-10-22(11-5-19)18-25(16-17-26(32)23-12-6-20(2)7-13-23)27(33,28(29,30)31)24-14-8-21(3)9-15-24/h4-15,18,26,32-33H,16-17H2,1-3H3/b25-18+/t26-,27+/m1/s1. The smallest absolute Gasteiger partial charge is 0.388 e. The van der Waals surface area contributed by atoms with Gasteiger partial charge in [0.1, 0.15) is 0 Å². The molecule has 0 saturated heterocycles. The minimum atomic E-state index is -4.95. The van der Waals surface area contributed by atoms with Crippen LogP contribution in [-0.2, 0) is 5.60 Å². The summed E-state index contributed by atoms with van der Waals surface area (Å²) >= 11 is 0.